The van der Waals surface area contributed by atoms with Crippen molar-refractivity contribution in [3.05, 3.63) is 60.2 Å². The molecule has 0 saturated heterocycles. The summed E-state index contributed by atoms with van der Waals surface area (Å²) in [5.74, 6) is -0.176. The summed E-state index contributed by atoms with van der Waals surface area (Å²) >= 11 is 0. The highest BCUT2D eigenvalue weighted by Gasteiger charge is 2.43. The van der Waals surface area contributed by atoms with Crippen molar-refractivity contribution in [2.75, 3.05) is 0 Å². The van der Waals surface area contributed by atoms with Crippen molar-refractivity contribution in [1.82, 2.24) is 20.1 Å². The second kappa shape index (κ2) is 5.72. The second-order valence-corrected chi connectivity index (χ2v) is 6.28. The number of carbonyl (C=O) groups is 1. The molecule has 1 aliphatic carbocycles. The minimum Gasteiger partial charge on any atom is -0.391 e. The lowest BCUT2D eigenvalue weighted by atomic mass is 9.82. The van der Waals surface area contributed by atoms with E-state index in [1.165, 1.54) is 0 Å². The largest absolute Gasteiger partial charge is 0.391 e. The van der Waals surface area contributed by atoms with Gasteiger partial charge in [-0.05, 0) is 24.3 Å². The molecule has 0 spiro atoms. The number of rotatable bonds is 3. The molecule has 0 radical (unpaired) electrons. The predicted molar refractivity (Wildman–Crippen MR) is 89.6 cm³/mol. The number of pyridine rings is 1. The number of aliphatic hydroxyl groups is 1. The number of hydrogen-bond acceptors (Lipinski definition) is 4. The molecule has 0 unspecified atom stereocenters. The first-order valence-corrected chi connectivity index (χ1v) is 7.96. The molecule has 0 aliphatic heterocycles. The summed E-state index contributed by atoms with van der Waals surface area (Å²) in [4.78, 5) is 16.8. The Morgan fingerprint density at radius 2 is 2.12 bits per heavy atom. The minimum absolute atomic E-state index is 0.147. The molecule has 24 heavy (non-hydrogen) atoms. The average Bonchev–Trinajstić information content (AvgIpc) is 2.99. The number of aryl methyl sites for hydroxylation is 1. The van der Waals surface area contributed by atoms with Crippen molar-refractivity contribution in [3.8, 4) is 0 Å². The van der Waals surface area contributed by atoms with Gasteiger partial charge in [0.25, 0.3) is 5.91 Å². The van der Waals surface area contributed by atoms with Gasteiger partial charge in [-0.1, -0.05) is 24.3 Å². The molecule has 122 valence electrons. The molecule has 1 aromatic carbocycles. The fourth-order valence-electron chi connectivity index (χ4n) is 3.26. The zero-order chi connectivity index (χ0) is 16.7. The fraction of sp³-hybridized carbons (Fsp3) is 0.278. The minimum atomic E-state index is -0.500. The second-order valence-electron chi connectivity index (χ2n) is 6.28. The Labute approximate surface area is 139 Å². The topological polar surface area (TPSA) is 80.0 Å². The van der Waals surface area contributed by atoms with Crippen LogP contribution in [0.4, 0.5) is 0 Å². The molecule has 6 heteroatoms. The number of aliphatic hydroxyl groups excluding tert-OH is 1. The highest BCUT2D eigenvalue weighted by molar-refractivity contribution is 6.06. The van der Waals surface area contributed by atoms with Crippen molar-refractivity contribution >= 4 is 16.7 Å². The number of hydrogen-bond donors (Lipinski definition) is 2. The zero-order valence-corrected chi connectivity index (χ0v) is 13.3. The van der Waals surface area contributed by atoms with E-state index in [0.717, 1.165) is 16.3 Å². The van der Waals surface area contributed by atoms with Crippen LogP contribution < -0.4 is 5.32 Å². The van der Waals surface area contributed by atoms with Gasteiger partial charge >= 0.3 is 0 Å². The Kier molecular flexibility index (Phi) is 3.54. The van der Waals surface area contributed by atoms with E-state index in [-0.39, 0.29) is 18.0 Å². The maximum atomic E-state index is 12.7. The molecule has 6 nitrogen and oxygen atoms in total. The van der Waals surface area contributed by atoms with E-state index >= 15 is 0 Å². The van der Waals surface area contributed by atoms with Gasteiger partial charge in [-0.25, -0.2) is 0 Å². The monoisotopic (exact) mass is 322 g/mol. The molecule has 3 aromatic rings. The Morgan fingerprint density at radius 3 is 2.88 bits per heavy atom. The molecule has 2 heterocycles. The lowest BCUT2D eigenvalue weighted by Gasteiger charge is -2.41. The van der Waals surface area contributed by atoms with Gasteiger partial charge in [0.2, 0.25) is 0 Å². The van der Waals surface area contributed by atoms with Crippen LogP contribution in [0, 0.1) is 6.92 Å². The lowest BCUT2D eigenvalue weighted by molar-refractivity contribution is -0.00588. The highest BCUT2D eigenvalue weighted by Crippen LogP contribution is 2.33. The third-order valence-corrected chi connectivity index (χ3v) is 4.57. The molecule has 2 N–H and O–H groups in total. The van der Waals surface area contributed by atoms with Crippen LogP contribution in [0.5, 0.6) is 0 Å². The highest BCUT2D eigenvalue weighted by atomic mass is 16.3. The van der Waals surface area contributed by atoms with Gasteiger partial charge in [0, 0.05) is 24.0 Å². The molecule has 3 atom stereocenters. The van der Waals surface area contributed by atoms with E-state index in [2.05, 4.69) is 15.4 Å². The van der Waals surface area contributed by atoms with Gasteiger partial charge < -0.3 is 10.4 Å². The van der Waals surface area contributed by atoms with Crippen molar-refractivity contribution in [2.24, 2.45) is 0 Å². The summed E-state index contributed by atoms with van der Waals surface area (Å²) < 4.78 is 1.73. The summed E-state index contributed by atoms with van der Waals surface area (Å²) in [7, 11) is 0. The molecular weight excluding hydrogens is 304 g/mol. The van der Waals surface area contributed by atoms with Crippen LogP contribution in [0.2, 0.25) is 0 Å². The van der Waals surface area contributed by atoms with Crippen LogP contribution in [-0.4, -0.2) is 37.9 Å². The fourth-order valence-corrected chi connectivity index (χ4v) is 3.26. The number of carbonyl (C=O) groups excluding carboxylic acids is 1. The first kappa shape index (κ1) is 14.8. The summed E-state index contributed by atoms with van der Waals surface area (Å²) in [6, 6.07) is 7.29. The smallest absolute Gasteiger partial charge is 0.253 e. The molecule has 2 aromatic heterocycles. The van der Waals surface area contributed by atoms with Crippen LogP contribution in [0.3, 0.4) is 0 Å². The van der Waals surface area contributed by atoms with E-state index in [1.54, 1.807) is 23.3 Å². The van der Waals surface area contributed by atoms with Crippen LogP contribution in [-0.2, 0) is 0 Å². The van der Waals surface area contributed by atoms with Crippen LogP contribution in [0.15, 0.2) is 49.1 Å². The van der Waals surface area contributed by atoms with E-state index < -0.39 is 6.10 Å². The molecule has 1 aliphatic rings. The molecule has 1 fully saturated rings. The quantitative estimate of drug-likeness (QED) is 0.771. The molecule has 4 rings (SSSR count). The van der Waals surface area contributed by atoms with Crippen molar-refractivity contribution in [1.29, 1.82) is 0 Å². The van der Waals surface area contributed by atoms with Crippen molar-refractivity contribution in [3.63, 3.8) is 0 Å². The Hall–Kier alpha value is -2.73. The first-order valence-electron chi connectivity index (χ1n) is 7.96. The van der Waals surface area contributed by atoms with Gasteiger partial charge in [-0.15, -0.1) is 0 Å². The molecule has 0 bridgehead atoms. The van der Waals surface area contributed by atoms with Crippen LogP contribution in [0.1, 0.15) is 28.4 Å². The number of fused-ring (bicyclic) bond motifs is 1. The summed E-state index contributed by atoms with van der Waals surface area (Å²) in [5.41, 5.74) is 1.57. The molecule has 1 amide bonds. The standard InChI is InChI=1S/C18H18N4O2/c1-11-7-20-22(10-11)17-15(6-16(17)23)21-18(24)14-9-19-8-12-4-2-3-5-13(12)14/h2-5,7-10,15-17,23H,6H2,1H3,(H,21,24)/t15-,16+,17+/m0/s1. The number of amides is 1. The maximum Gasteiger partial charge on any atom is 0.253 e. The normalized spacial score (nSPS) is 23.0. The van der Waals surface area contributed by atoms with Gasteiger partial charge in [0.15, 0.2) is 0 Å². The van der Waals surface area contributed by atoms with Gasteiger partial charge in [-0.2, -0.15) is 5.10 Å². The molecular formula is C18H18N4O2. The Bertz CT molecular complexity index is 899. The molecule has 1 saturated carbocycles. The van der Waals surface area contributed by atoms with Gasteiger partial charge in [-0.3, -0.25) is 14.5 Å². The van der Waals surface area contributed by atoms with Gasteiger partial charge in [0.1, 0.15) is 0 Å². The predicted octanol–water partition coefficient (Wildman–Crippen LogP) is 1.84. The van der Waals surface area contributed by atoms with Crippen LogP contribution >= 0.6 is 0 Å². The van der Waals surface area contributed by atoms with Crippen molar-refractivity contribution in [2.45, 2.75) is 31.5 Å². The summed E-state index contributed by atoms with van der Waals surface area (Å²) in [6.07, 6.45) is 6.98. The summed E-state index contributed by atoms with van der Waals surface area (Å²) in [6.45, 7) is 1.95. The van der Waals surface area contributed by atoms with E-state index in [0.29, 0.717) is 12.0 Å². The Balaban J connectivity index is 1.57. The number of benzene rings is 1. The number of nitrogens with one attached hydrogen (secondary N) is 1. The van der Waals surface area contributed by atoms with E-state index in [9.17, 15) is 9.90 Å². The maximum absolute atomic E-state index is 12.7. The van der Waals surface area contributed by atoms with Crippen molar-refractivity contribution < 1.29 is 9.90 Å². The third kappa shape index (κ3) is 2.45. The average molecular weight is 322 g/mol. The number of nitrogens with zero attached hydrogens (tertiary/aromatic N) is 3. The SMILES string of the molecule is Cc1cnn([C@H]2[C@H](O)C[C@@H]2NC(=O)c2cncc3ccccc23)c1. The van der Waals surface area contributed by atoms with E-state index in [1.807, 2.05) is 37.4 Å². The lowest BCUT2D eigenvalue weighted by Crippen LogP contribution is -2.56. The third-order valence-electron chi connectivity index (χ3n) is 4.57. The Morgan fingerprint density at radius 1 is 1.29 bits per heavy atom. The van der Waals surface area contributed by atoms with Gasteiger partial charge in [0.05, 0.1) is 29.9 Å². The number of aromatic nitrogens is 3. The van der Waals surface area contributed by atoms with Crippen LogP contribution in [0.25, 0.3) is 10.8 Å². The first-order chi connectivity index (χ1) is 11.6. The van der Waals surface area contributed by atoms with E-state index in [4.69, 9.17) is 0 Å². The zero-order valence-electron chi connectivity index (χ0n) is 13.3. The summed E-state index contributed by atoms with van der Waals surface area (Å²) in [5, 5.41) is 19.1.